The number of rotatable bonds is 5. The van der Waals surface area contributed by atoms with Crippen molar-refractivity contribution in [1.82, 2.24) is 20.2 Å². The molecule has 0 aliphatic carbocycles. The highest BCUT2D eigenvalue weighted by Gasteiger charge is 2.25. The number of tetrazole rings is 1. The molecule has 0 aliphatic heterocycles. The van der Waals surface area contributed by atoms with E-state index >= 15 is 0 Å². The fraction of sp³-hybridized carbons (Fsp3) is 0.385. The third-order valence-corrected chi connectivity index (χ3v) is 3.10. The first-order valence-electron chi connectivity index (χ1n) is 6.29. The third kappa shape index (κ3) is 2.93. The lowest BCUT2D eigenvalue weighted by Gasteiger charge is -2.20. The van der Waals surface area contributed by atoms with Crippen molar-refractivity contribution in [2.75, 3.05) is 11.9 Å². The molecule has 1 heterocycles. The Bertz CT molecular complexity index is 602. The number of aromatic nitrogens is 4. The minimum atomic E-state index is -0.677. The summed E-state index contributed by atoms with van der Waals surface area (Å²) in [6.07, 6.45) is 0. The van der Waals surface area contributed by atoms with E-state index in [4.69, 9.17) is 5.73 Å². The predicted molar refractivity (Wildman–Crippen MR) is 75.4 cm³/mol. The minimum Gasteiger partial charge on any atom is -0.369 e. The molecule has 0 saturated carbocycles. The van der Waals surface area contributed by atoms with Crippen molar-refractivity contribution in [2.24, 2.45) is 11.1 Å². The van der Waals surface area contributed by atoms with E-state index < -0.39 is 5.41 Å². The van der Waals surface area contributed by atoms with E-state index in [1.165, 1.54) is 0 Å². The van der Waals surface area contributed by atoms with Crippen LogP contribution in [0.4, 0.5) is 5.95 Å². The van der Waals surface area contributed by atoms with E-state index in [2.05, 4.69) is 20.8 Å². The molecule has 0 radical (unpaired) electrons. The highest BCUT2D eigenvalue weighted by atomic mass is 16.1. The highest BCUT2D eigenvalue weighted by Crippen LogP contribution is 2.17. The fourth-order valence-electron chi connectivity index (χ4n) is 1.54. The number of carbonyl (C=O) groups is 1. The number of hydrogen-bond donors (Lipinski definition) is 2. The lowest BCUT2D eigenvalue weighted by atomic mass is 9.93. The Morgan fingerprint density at radius 2 is 2.00 bits per heavy atom. The molecular weight excluding hydrogens is 256 g/mol. The van der Waals surface area contributed by atoms with Crippen LogP contribution in [0.5, 0.6) is 0 Å². The van der Waals surface area contributed by atoms with Crippen LogP contribution in [-0.2, 0) is 4.79 Å². The number of benzene rings is 1. The molecule has 2 rings (SSSR count). The van der Waals surface area contributed by atoms with Crippen molar-refractivity contribution >= 4 is 11.9 Å². The summed E-state index contributed by atoms with van der Waals surface area (Å²) in [4.78, 5) is 11.3. The molecule has 0 spiro atoms. The van der Waals surface area contributed by atoms with Gasteiger partial charge in [0.15, 0.2) is 0 Å². The SMILES string of the molecule is Cc1ccc(-n2nnnc2NCC(C)(C)C(N)=O)cc1. The Morgan fingerprint density at radius 3 is 2.60 bits per heavy atom. The third-order valence-electron chi connectivity index (χ3n) is 3.10. The Labute approximate surface area is 117 Å². The van der Waals surface area contributed by atoms with Crippen LogP contribution in [0.1, 0.15) is 19.4 Å². The monoisotopic (exact) mass is 274 g/mol. The maximum atomic E-state index is 11.3. The molecule has 0 aliphatic rings. The van der Waals surface area contributed by atoms with Crippen LogP contribution < -0.4 is 11.1 Å². The summed E-state index contributed by atoms with van der Waals surface area (Å²) in [5.41, 5.74) is 6.67. The average molecular weight is 274 g/mol. The van der Waals surface area contributed by atoms with E-state index in [1.54, 1.807) is 18.5 Å². The predicted octanol–water partition coefficient (Wildman–Crippen LogP) is 0.894. The van der Waals surface area contributed by atoms with Crippen molar-refractivity contribution in [2.45, 2.75) is 20.8 Å². The molecule has 7 heteroatoms. The molecule has 20 heavy (non-hydrogen) atoms. The van der Waals surface area contributed by atoms with Gasteiger partial charge in [0, 0.05) is 6.54 Å². The Morgan fingerprint density at radius 1 is 1.35 bits per heavy atom. The summed E-state index contributed by atoms with van der Waals surface area (Å²) in [5, 5.41) is 14.6. The van der Waals surface area contributed by atoms with Gasteiger partial charge in [-0.1, -0.05) is 22.8 Å². The lowest BCUT2D eigenvalue weighted by Crippen LogP contribution is -2.37. The fourth-order valence-corrected chi connectivity index (χ4v) is 1.54. The molecular formula is C13H18N6O. The number of hydrogen-bond acceptors (Lipinski definition) is 5. The second kappa shape index (κ2) is 5.28. The van der Waals surface area contributed by atoms with Gasteiger partial charge in [-0.2, -0.15) is 4.68 Å². The molecule has 1 amide bonds. The maximum absolute atomic E-state index is 11.3. The summed E-state index contributed by atoms with van der Waals surface area (Å²) < 4.78 is 1.58. The van der Waals surface area contributed by atoms with Crippen molar-refractivity contribution in [3.63, 3.8) is 0 Å². The van der Waals surface area contributed by atoms with Gasteiger partial charge in [-0.3, -0.25) is 4.79 Å². The smallest absolute Gasteiger partial charge is 0.247 e. The normalized spacial score (nSPS) is 11.3. The van der Waals surface area contributed by atoms with E-state index in [-0.39, 0.29) is 5.91 Å². The minimum absolute atomic E-state index is 0.356. The van der Waals surface area contributed by atoms with Crippen molar-refractivity contribution in [3.05, 3.63) is 29.8 Å². The lowest BCUT2D eigenvalue weighted by molar-refractivity contribution is -0.125. The first-order valence-corrected chi connectivity index (χ1v) is 6.29. The highest BCUT2D eigenvalue weighted by molar-refractivity contribution is 5.80. The number of aryl methyl sites for hydroxylation is 1. The molecule has 0 bridgehead atoms. The number of anilines is 1. The number of nitrogens with zero attached hydrogens (tertiary/aromatic N) is 4. The topological polar surface area (TPSA) is 98.7 Å². The molecule has 0 saturated heterocycles. The molecule has 7 nitrogen and oxygen atoms in total. The van der Waals surface area contributed by atoms with E-state index in [9.17, 15) is 4.79 Å². The van der Waals surface area contributed by atoms with Crippen LogP contribution in [-0.4, -0.2) is 32.7 Å². The molecule has 1 aromatic carbocycles. The Kier molecular flexibility index (Phi) is 3.69. The van der Waals surface area contributed by atoms with Crippen LogP contribution in [0.15, 0.2) is 24.3 Å². The van der Waals surface area contributed by atoms with Crippen molar-refractivity contribution < 1.29 is 4.79 Å². The number of nitrogens with one attached hydrogen (secondary N) is 1. The van der Waals surface area contributed by atoms with Crippen molar-refractivity contribution in [1.29, 1.82) is 0 Å². The molecule has 106 valence electrons. The summed E-state index contributed by atoms with van der Waals surface area (Å²) in [7, 11) is 0. The van der Waals surface area contributed by atoms with E-state index in [0.29, 0.717) is 12.5 Å². The molecule has 0 atom stereocenters. The first-order chi connectivity index (χ1) is 9.40. The quantitative estimate of drug-likeness (QED) is 0.843. The molecule has 0 fully saturated rings. The Balaban J connectivity index is 2.17. The van der Waals surface area contributed by atoms with E-state index in [1.807, 2.05) is 31.2 Å². The molecule has 1 aromatic heterocycles. The number of amides is 1. The second-order valence-electron chi connectivity index (χ2n) is 5.35. The maximum Gasteiger partial charge on any atom is 0.247 e. The Hall–Kier alpha value is -2.44. The van der Waals surface area contributed by atoms with E-state index in [0.717, 1.165) is 11.3 Å². The van der Waals surface area contributed by atoms with Crippen LogP contribution in [0, 0.1) is 12.3 Å². The number of primary amides is 1. The zero-order valence-electron chi connectivity index (χ0n) is 11.8. The van der Waals surface area contributed by atoms with Gasteiger partial charge in [-0.05, 0) is 43.3 Å². The van der Waals surface area contributed by atoms with Gasteiger partial charge >= 0.3 is 0 Å². The van der Waals surface area contributed by atoms with Gasteiger partial charge in [-0.15, -0.1) is 0 Å². The van der Waals surface area contributed by atoms with Gasteiger partial charge in [-0.25, -0.2) is 0 Å². The van der Waals surface area contributed by atoms with Gasteiger partial charge in [0.2, 0.25) is 11.9 Å². The summed E-state index contributed by atoms with van der Waals surface area (Å²) in [5.74, 6) is 0.0996. The van der Waals surface area contributed by atoms with Crippen LogP contribution in [0.2, 0.25) is 0 Å². The zero-order valence-corrected chi connectivity index (χ0v) is 11.8. The average Bonchev–Trinajstić information content (AvgIpc) is 2.85. The van der Waals surface area contributed by atoms with Crippen LogP contribution in [0.25, 0.3) is 5.69 Å². The second-order valence-corrected chi connectivity index (χ2v) is 5.35. The van der Waals surface area contributed by atoms with Gasteiger partial charge in [0.1, 0.15) is 0 Å². The van der Waals surface area contributed by atoms with Gasteiger partial charge < -0.3 is 11.1 Å². The van der Waals surface area contributed by atoms with Crippen LogP contribution in [0.3, 0.4) is 0 Å². The molecule has 2 aromatic rings. The molecule has 3 N–H and O–H groups in total. The number of carbonyl (C=O) groups excluding carboxylic acids is 1. The van der Waals surface area contributed by atoms with Gasteiger partial charge in [0.05, 0.1) is 11.1 Å². The summed E-state index contributed by atoms with van der Waals surface area (Å²) >= 11 is 0. The molecule has 0 unspecified atom stereocenters. The first kappa shape index (κ1) is 14.0. The van der Waals surface area contributed by atoms with Crippen molar-refractivity contribution in [3.8, 4) is 5.69 Å². The van der Waals surface area contributed by atoms with Crippen LogP contribution >= 0.6 is 0 Å². The summed E-state index contributed by atoms with van der Waals surface area (Å²) in [6.45, 7) is 5.90. The standard InChI is InChI=1S/C13H18N6O/c1-9-4-6-10(7-5-9)19-12(16-17-18-19)15-8-13(2,3)11(14)20/h4-7H,8H2,1-3H3,(H2,14,20)(H,15,16,18). The summed E-state index contributed by atoms with van der Waals surface area (Å²) in [6, 6.07) is 7.81. The number of nitrogens with two attached hydrogens (primary N) is 1. The van der Waals surface area contributed by atoms with Gasteiger partial charge in [0.25, 0.3) is 0 Å². The zero-order chi connectivity index (χ0) is 14.8. The largest absolute Gasteiger partial charge is 0.369 e.